The summed E-state index contributed by atoms with van der Waals surface area (Å²) in [5.41, 5.74) is 0.0419. The molecular weight excluding hydrogens is 600 g/mol. The number of fused-ring (bicyclic) bond motifs is 2. The second-order valence-corrected chi connectivity index (χ2v) is 12.2. The molecule has 218 valence electrons. The maximum absolute atomic E-state index is 14.9. The van der Waals surface area contributed by atoms with Crippen molar-refractivity contribution >= 4 is 50.2 Å². The van der Waals surface area contributed by atoms with Gasteiger partial charge >= 0.3 is 5.97 Å². The summed E-state index contributed by atoms with van der Waals surface area (Å²) in [6, 6.07) is 20.9. The predicted molar refractivity (Wildman–Crippen MR) is 162 cm³/mol. The number of alkyl halides is 1. The van der Waals surface area contributed by atoms with Gasteiger partial charge in [-0.2, -0.15) is 0 Å². The fourth-order valence-corrected chi connectivity index (χ4v) is 8.11. The first-order valence-electron chi connectivity index (χ1n) is 14.2. The van der Waals surface area contributed by atoms with Crippen molar-refractivity contribution in [2.45, 2.75) is 42.0 Å². The molecule has 0 saturated carbocycles. The summed E-state index contributed by atoms with van der Waals surface area (Å²) in [5.74, 6) is -3.07. The third-order valence-corrected chi connectivity index (χ3v) is 9.68. The molecule has 6 rings (SSSR count). The molecule has 7 atom stereocenters. The zero-order valence-corrected chi connectivity index (χ0v) is 24.9. The summed E-state index contributed by atoms with van der Waals surface area (Å²) in [4.78, 5) is 45.5. The van der Waals surface area contributed by atoms with Gasteiger partial charge in [0.15, 0.2) is 0 Å². The molecule has 0 radical (unpaired) electrons. The van der Waals surface area contributed by atoms with E-state index in [2.05, 4.69) is 22.5 Å². The van der Waals surface area contributed by atoms with Gasteiger partial charge in [0.2, 0.25) is 5.91 Å². The molecule has 3 aliphatic heterocycles. The number of likely N-dealkylation sites (tertiary alicyclic amines) is 1. The third kappa shape index (κ3) is 4.37. The maximum atomic E-state index is 14.9. The average Bonchev–Trinajstić information content (AvgIpc) is 3.60. The zero-order valence-electron chi connectivity index (χ0n) is 23.3. The fourth-order valence-electron chi connectivity index (χ4n) is 7.16. The van der Waals surface area contributed by atoms with Gasteiger partial charge in [-0.3, -0.25) is 14.4 Å². The van der Waals surface area contributed by atoms with Crippen LogP contribution in [0, 0.1) is 11.8 Å². The Kier molecular flexibility index (Phi) is 7.68. The van der Waals surface area contributed by atoms with E-state index in [0.717, 1.165) is 10.8 Å². The lowest BCUT2D eigenvalue weighted by Crippen LogP contribution is -2.57. The van der Waals surface area contributed by atoms with Gasteiger partial charge in [0, 0.05) is 17.1 Å². The Morgan fingerprint density at radius 3 is 2.57 bits per heavy atom. The molecule has 3 aromatic carbocycles. The molecule has 3 aliphatic rings. The number of benzene rings is 3. The molecule has 3 heterocycles. The van der Waals surface area contributed by atoms with Gasteiger partial charge in [-0.1, -0.05) is 82.7 Å². The Labute approximate surface area is 253 Å². The summed E-state index contributed by atoms with van der Waals surface area (Å²) >= 11 is 3.69. The SMILES string of the molecule is C=CCN(C(=O)[C@H]1N([C@H](CO)c2ccccc2)C(=O)[C@@H]2[C@@H](C(=O)OCC)[C@@H]3O[C@@]21CC3Br)c1ccc2ccccc2c1. The van der Waals surface area contributed by atoms with E-state index < -0.39 is 54.1 Å². The molecule has 8 nitrogen and oxygen atoms in total. The Morgan fingerprint density at radius 2 is 1.88 bits per heavy atom. The minimum absolute atomic E-state index is 0.160. The Bertz CT molecular complexity index is 1530. The third-order valence-electron chi connectivity index (χ3n) is 8.84. The number of ether oxygens (including phenoxy) is 2. The first-order chi connectivity index (χ1) is 20.4. The van der Waals surface area contributed by atoms with E-state index in [4.69, 9.17) is 9.47 Å². The lowest BCUT2D eigenvalue weighted by atomic mass is 9.70. The van der Waals surface area contributed by atoms with Crippen molar-refractivity contribution in [3.05, 3.63) is 91.0 Å². The van der Waals surface area contributed by atoms with Crippen LogP contribution in [0.1, 0.15) is 24.9 Å². The maximum Gasteiger partial charge on any atom is 0.312 e. The van der Waals surface area contributed by atoms with Crippen molar-refractivity contribution in [2.24, 2.45) is 11.8 Å². The Morgan fingerprint density at radius 1 is 1.17 bits per heavy atom. The molecule has 3 aromatic rings. The standard InChI is InChI=1S/C33H33BrN2O6/c1-3-16-35(23-15-14-20-10-8-9-13-22(20)17-23)31(39)29-33-18-24(34)28(42-33)26(32(40)41-4-2)27(33)30(38)36(29)25(19-37)21-11-6-5-7-12-21/h3,5-15,17,24-29,37H,1,4,16,18-19H2,2H3/t24?,25-,26-,27+,28-,29-,33+/m1/s1. The van der Waals surface area contributed by atoms with Crippen LogP contribution in [-0.4, -0.2) is 70.1 Å². The number of aliphatic hydroxyl groups is 1. The number of anilines is 1. The van der Waals surface area contributed by atoms with Crippen LogP contribution in [0.2, 0.25) is 0 Å². The summed E-state index contributed by atoms with van der Waals surface area (Å²) < 4.78 is 12.0. The second-order valence-electron chi connectivity index (χ2n) is 11.0. The van der Waals surface area contributed by atoms with Gasteiger partial charge in [0.25, 0.3) is 5.91 Å². The number of esters is 1. The Hall–Kier alpha value is -3.53. The van der Waals surface area contributed by atoms with E-state index in [9.17, 15) is 19.5 Å². The monoisotopic (exact) mass is 632 g/mol. The highest BCUT2D eigenvalue weighted by atomic mass is 79.9. The second kappa shape index (κ2) is 11.3. The first kappa shape index (κ1) is 28.6. The number of hydrogen-bond donors (Lipinski definition) is 1. The lowest BCUT2D eigenvalue weighted by Gasteiger charge is -2.39. The molecule has 1 spiro atoms. The predicted octanol–water partition coefficient (Wildman–Crippen LogP) is 4.40. The van der Waals surface area contributed by atoms with Gasteiger partial charge in [-0.25, -0.2) is 0 Å². The van der Waals surface area contributed by atoms with Gasteiger partial charge in [0.1, 0.15) is 11.6 Å². The number of aliphatic hydroxyl groups excluding tert-OH is 1. The van der Waals surface area contributed by atoms with Gasteiger partial charge in [0.05, 0.1) is 37.2 Å². The number of rotatable bonds is 9. The van der Waals surface area contributed by atoms with Crippen LogP contribution in [0.15, 0.2) is 85.5 Å². The molecule has 2 bridgehead atoms. The average molecular weight is 634 g/mol. The number of nitrogens with zero attached hydrogens (tertiary/aromatic N) is 2. The molecule has 1 N–H and O–H groups in total. The molecule has 42 heavy (non-hydrogen) atoms. The van der Waals surface area contributed by atoms with Crippen molar-refractivity contribution < 1.29 is 29.0 Å². The summed E-state index contributed by atoms with van der Waals surface area (Å²) in [5, 5.41) is 12.7. The van der Waals surface area contributed by atoms with Gasteiger partial charge in [-0.15, -0.1) is 6.58 Å². The van der Waals surface area contributed by atoms with E-state index in [1.165, 1.54) is 4.90 Å². The van der Waals surface area contributed by atoms with Crippen LogP contribution < -0.4 is 4.90 Å². The van der Waals surface area contributed by atoms with Crippen LogP contribution in [0.5, 0.6) is 0 Å². The van der Waals surface area contributed by atoms with Crippen LogP contribution >= 0.6 is 15.9 Å². The topological polar surface area (TPSA) is 96.4 Å². The highest BCUT2D eigenvalue weighted by molar-refractivity contribution is 9.09. The number of amides is 2. The zero-order chi connectivity index (χ0) is 29.6. The van der Waals surface area contributed by atoms with E-state index in [1.807, 2.05) is 72.8 Å². The van der Waals surface area contributed by atoms with Crippen molar-refractivity contribution in [1.82, 2.24) is 4.90 Å². The fraction of sp³-hybridized carbons (Fsp3) is 0.364. The number of carbonyl (C=O) groups is 3. The molecule has 1 unspecified atom stereocenters. The molecular formula is C33H33BrN2O6. The number of hydrogen-bond acceptors (Lipinski definition) is 6. The highest BCUT2D eigenvalue weighted by Crippen LogP contribution is 2.61. The van der Waals surface area contributed by atoms with Crippen molar-refractivity contribution in [3.63, 3.8) is 0 Å². The minimum atomic E-state index is -1.29. The molecule has 9 heteroatoms. The molecule has 2 amide bonds. The smallest absolute Gasteiger partial charge is 0.312 e. The van der Waals surface area contributed by atoms with E-state index in [0.29, 0.717) is 17.7 Å². The highest BCUT2D eigenvalue weighted by Gasteiger charge is 2.77. The largest absolute Gasteiger partial charge is 0.466 e. The van der Waals surface area contributed by atoms with E-state index in [1.54, 1.807) is 17.9 Å². The Balaban J connectivity index is 1.50. The number of carbonyl (C=O) groups excluding carboxylic acids is 3. The summed E-state index contributed by atoms with van der Waals surface area (Å²) in [6.07, 6.45) is 1.38. The molecule has 0 aromatic heterocycles. The van der Waals surface area contributed by atoms with Crippen molar-refractivity contribution in [1.29, 1.82) is 0 Å². The molecule has 3 fully saturated rings. The van der Waals surface area contributed by atoms with Gasteiger partial charge in [-0.05, 0) is 41.8 Å². The quantitative estimate of drug-likeness (QED) is 0.213. The van der Waals surface area contributed by atoms with Crippen LogP contribution in [0.4, 0.5) is 5.69 Å². The van der Waals surface area contributed by atoms with Gasteiger partial charge < -0.3 is 24.4 Å². The van der Waals surface area contributed by atoms with E-state index >= 15 is 0 Å². The van der Waals surface area contributed by atoms with Crippen LogP contribution in [0.3, 0.4) is 0 Å². The van der Waals surface area contributed by atoms with Crippen LogP contribution in [0.25, 0.3) is 10.8 Å². The first-order valence-corrected chi connectivity index (χ1v) is 15.2. The normalized spacial score (nSPS) is 28.5. The van der Waals surface area contributed by atoms with Crippen molar-refractivity contribution in [2.75, 3.05) is 24.7 Å². The summed E-state index contributed by atoms with van der Waals surface area (Å²) in [7, 11) is 0. The number of halogens is 1. The lowest BCUT2D eigenvalue weighted by molar-refractivity contribution is -0.155. The van der Waals surface area contributed by atoms with Crippen molar-refractivity contribution in [3.8, 4) is 0 Å². The van der Waals surface area contributed by atoms with Crippen LogP contribution in [-0.2, 0) is 23.9 Å². The summed E-state index contributed by atoms with van der Waals surface area (Å²) in [6.45, 7) is 5.55. The molecule has 3 saturated heterocycles. The molecule has 0 aliphatic carbocycles. The van der Waals surface area contributed by atoms with E-state index in [-0.39, 0.29) is 23.9 Å². The minimum Gasteiger partial charge on any atom is -0.466 e.